The maximum atomic E-state index is 14.3. The highest BCUT2D eigenvalue weighted by Crippen LogP contribution is 2.15. The number of aromatic nitrogens is 2. The second kappa shape index (κ2) is 20.7. The van der Waals surface area contributed by atoms with E-state index in [9.17, 15) is 24.3 Å². The number of aromatic amines is 1. The first-order valence-electron chi connectivity index (χ1n) is 19.3. The summed E-state index contributed by atoms with van der Waals surface area (Å²) in [5.41, 5.74) is 4.05. The van der Waals surface area contributed by atoms with Crippen LogP contribution in [-0.4, -0.2) is 69.2 Å². The zero-order valence-electron chi connectivity index (χ0n) is 32.8. The van der Waals surface area contributed by atoms with Gasteiger partial charge in [-0.3, -0.25) is 19.7 Å². The summed E-state index contributed by atoms with van der Waals surface area (Å²) in [7, 11) is 0. The molecule has 0 aliphatic rings. The van der Waals surface area contributed by atoms with Gasteiger partial charge in [-0.25, -0.2) is 9.78 Å². The first-order valence-corrected chi connectivity index (χ1v) is 19.3. The van der Waals surface area contributed by atoms with E-state index >= 15 is 0 Å². The third-order valence-electron chi connectivity index (χ3n) is 9.58. The summed E-state index contributed by atoms with van der Waals surface area (Å²) in [5, 5.41) is 26.8. The lowest BCUT2D eigenvalue weighted by molar-refractivity contribution is -0.134. The minimum absolute atomic E-state index is 0.0215. The van der Waals surface area contributed by atoms with E-state index in [2.05, 4.69) is 36.6 Å². The normalized spacial score (nSPS) is 13.9. The molecule has 0 saturated carbocycles. The molecular formula is C44H53N7O6. The van der Waals surface area contributed by atoms with Gasteiger partial charge in [-0.2, -0.15) is 0 Å². The van der Waals surface area contributed by atoms with Gasteiger partial charge in [-0.15, -0.1) is 0 Å². The van der Waals surface area contributed by atoms with Gasteiger partial charge in [0.2, 0.25) is 17.7 Å². The van der Waals surface area contributed by atoms with Crippen molar-refractivity contribution in [1.29, 1.82) is 0 Å². The molecule has 13 heteroatoms. The number of alkyl carbamates (subject to hydrolysis) is 1. The Morgan fingerprint density at radius 3 is 1.79 bits per heavy atom. The molecule has 0 bridgehead atoms. The summed E-state index contributed by atoms with van der Waals surface area (Å²) in [4.78, 5) is 62.5. The lowest BCUT2D eigenvalue weighted by Crippen LogP contribution is -2.63. The molecule has 5 atom stereocenters. The quantitative estimate of drug-likeness (QED) is 0.0639. The first kappa shape index (κ1) is 42.1. The molecule has 0 spiro atoms. The van der Waals surface area contributed by atoms with Gasteiger partial charge in [0.05, 0.1) is 29.7 Å². The second-order valence-corrected chi connectivity index (χ2v) is 14.7. The molecule has 1 aromatic heterocycles. The average Bonchev–Trinajstić information content (AvgIpc) is 3.64. The topological polar surface area (TPSA) is 187 Å². The molecule has 5 aromatic rings. The number of rotatable bonds is 19. The van der Waals surface area contributed by atoms with Gasteiger partial charge in [-0.1, -0.05) is 131 Å². The molecule has 4 amide bonds. The van der Waals surface area contributed by atoms with Crippen LogP contribution in [-0.2, 0) is 45.2 Å². The molecule has 4 aromatic carbocycles. The van der Waals surface area contributed by atoms with Crippen molar-refractivity contribution < 1.29 is 29.0 Å². The van der Waals surface area contributed by atoms with Crippen molar-refractivity contribution in [3.63, 3.8) is 0 Å². The number of carbonyl (C=O) groups excluding carboxylic acids is 4. The van der Waals surface area contributed by atoms with Gasteiger partial charge < -0.3 is 36.1 Å². The van der Waals surface area contributed by atoms with Crippen LogP contribution in [0.3, 0.4) is 0 Å². The SMILES string of the molecule is CC(C)[C@H](NC(=O)OCc1ccccc1)C(=O)N[C@@H](Cc1ccccc1)[C@@H](O)[C@@H](NCc1ccccc1)C(=O)N[C@H](C(=O)NCc1nc2ccccc2[nH]1)C(C)C. The van der Waals surface area contributed by atoms with E-state index in [0.29, 0.717) is 5.82 Å². The van der Waals surface area contributed by atoms with Crippen LogP contribution in [0.5, 0.6) is 0 Å². The molecule has 0 unspecified atom stereocenters. The molecule has 0 radical (unpaired) electrons. The number of hydrogen-bond acceptors (Lipinski definition) is 8. The first-order chi connectivity index (χ1) is 27.5. The highest BCUT2D eigenvalue weighted by atomic mass is 16.5. The van der Waals surface area contributed by atoms with Crippen molar-refractivity contribution in [3.05, 3.63) is 138 Å². The van der Waals surface area contributed by atoms with Gasteiger partial charge in [0.25, 0.3) is 0 Å². The number of nitrogens with zero attached hydrogens (tertiary/aromatic N) is 1. The van der Waals surface area contributed by atoms with Crippen LogP contribution in [0.4, 0.5) is 4.79 Å². The van der Waals surface area contributed by atoms with E-state index in [4.69, 9.17) is 4.74 Å². The summed E-state index contributed by atoms with van der Waals surface area (Å²) < 4.78 is 5.40. The lowest BCUT2D eigenvalue weighted by Gasteiger charge is -2.33. The summed E-state index contributed by atoms with van der Waals surface area (Å²) >= 11 is 0. The fraction of sp³-hybridized carbons (Fsp3) is 0.341. The van der Waals surface area contributed by atoms with E-state index in [0.717, 1.165) is 27.7 Å². The Hall–Kier alpha value is -6.05. The Labute approximate surface area is 333 Å². The van der Waals surface area contributed by atoms with E-state index in [1.807, 2.05) is 129 Å². The number of hydrogen-bond donors (Lipinski definition) is 7. The van der Waals surface area contributed by atoms with Crippen LogP contribution < -0.4 is 26.6 Å². The summed E-state index contributed by atoms with van der Waals surface area (Å²) in [6.45, 7) is 7.54. The summed E-state index contributed by atoms with van der Waals surface area (Å²) in [5.74, 6) is -1.73. The van der Waals surface area contributed by atoms with E-state index in [1.54, 1.807) is 13.8 Å². The van der Waals surface area contributed by atoms with Crippen molar-refractivity contribution in [2.24, 2.45) is 11.8 Å². The van der Waals surface area contributed by atoms with Crippen LogP contribution in [0, 0.1) is 11.8 Å². The Kier molecular flexibility index (Phi) is 15.3. The standard InChI is InChI=1S/C44H53N7O6/c1-28(2)37(41(53)46-26-36-47-33-22-14-15-23-34(33)48-36)50-43(55)39(45-25-31-18-10-6-11-19-31)40(52)35(24-30-16-8-5-9-17-30)49-42(54)38(29(3)4)51-44(56)57-27-32-20-12-7-13-21-32/h5-23,28-29,35,37-40,45,52H,24-27H2,1-4H3,(H,46,53)(H,47,48)(H,49,54)(H,50,55)(H,51,56)/t35-,37-,38-,39+,40+/m0/s1. The minimum atomic E-state index is -1.50. The number of carbonyl (C=O) groups is 4. The number of amides is 4. The van der Waals surface area contributed by atoms with Crippen LogP contribution >= 0.6 is 0 Å². The predicted molar refractivity (Wildman–Crippen MR) is 218 cm³/mol. The zero-order chi connectivity index (χ0) is 40.7. The van der Waals surface area contributed by atoms with Gasteiger partial charge in [0.15, 0.2) is 0 Å². The highest BCUT2D eigenvalue weighted by Gasteiger charge is 2.38. The van der Waals surface area contributed by atoms with E-state index < -0.39 is 54.1 Å². The number of benzene rings is 4. The molecule has 13 nitrogen and oxygen atoms in total. The molecule has 1 heterocycles. The maximum absolute atomic E-state index is 14.3. The van der Waals surface area contributed by atoms with E-state index in [-0.39, 0.29) is 38.0 Å². The van der Waals surface area contributed by atoms with Crippen molar-refractivity contribution in [2.45, 2.75) is 84.1 Å². The van der Waals surface area contributed by atoms with Gasteiger partial charge >= 0.3 is 6.09 Å². The zero-order valence-corrected chi connectivity index (χ0v) is 32.8. The fourth-order valence-electron chi connectivity index (χ4n) is 6.40. The number of imidazole rings is 1. The van der Waals surface area contributed by atoms with E-state index in [1.165, 1.54) is 0 Å². The molecule has 0 aliphatic heterocycles. The summed E-state index contributed by atoms with van der Waals surface area (Å²) in [6.07, 6.45) is -2.12. The second-order valence-electron chi connectivity index (χ2n) is 14.7. The molecule has 0 aliphatic carbocycles. The number of ether oxygens (including phenoxy) is 1. The van der Waals surface area contributed by atoms with Crippen LogP contribution in [0.25, 0.3) is 11.0 Å². The Bertz CT molecular complexity index is 2010. The van der Waals surface area contributed by atoms with Crippen LogP contribution in [0.1, 0.15) is 50.2 Å². The van der Waals surface area contributed by atoms with Crippen molar-refractivity contribution in [1.82, 2.24) is 36.6 Å². The third kappa shape index (κ3) is 12.5. The molecule has 5 rings (SSSR count). The minimum Gasteiger partial charge on any atom is -0.445 e. The van der Waals surface area contributed by atoms with Gasteiger partial charge in [0, 0.05) is 6.54 Å². The summed E-state index contributed by atoms with van der Waals surface area (Å²) in [6, 6.07) is 31.1. The number of aliphatic hydroxyl groups excluding tert-OH is 1. The van der Waals surface area contributed by atoms with Crippen LogP contribution in [0.2, 0.25) is 0 Å². The van der Waals surface area contributed by atoms with Crippen LogP contribution in [0.15, 0.2) is 115 Å². The number of para-hydroxylation sites is 2. The van der Waals surface area contributed by atoms with Gasteiger partial charge in [0.1, 0.15) is 30.6 Å². The highest BCUT2D eigenvalue weighted by molar-refractivity contribution is 5.91. The largest absolute Gasteiger partial charge is 0.445 e. The maximum Gasteiger partial charge on any atom is 0.408 e. The Morgan fingerprint density at radius 2 is 1.18 bits per heavy atom. The Morgan fingerprint density at radius 1 is 0.632 bits per heavy atom. The number of aliphatic hydroxyl groups is 1. The fourth-order valence-corrected chi connectivity index (χ4v) is 6.40. The molecule has 7 N–H and O–H groups in total. The molecular weight excluding hydrogens is 723 g/mol. The number of H-pyrrole nitrogens is 1. The van der Waals surface area contributed by atoms with Crippen molar-refractivity contribution in [2.75, 3.05) is 0 Å². The number of fused-ring (bicyclic) bond motifs is 1. The molecule has 0 fully saturated rings. The monoisotopic (exact) mass is 775 g/mol. The average molecular weight is 776 g/mol. The number of nitrogens with one attached hydrogen (secondary N) is 6. The smallest absolute Gasteiger partial charge is 0.408 e. The predicted octanol–water partition coefficient (Wildman–Crippen LogP) is 4.52. The van der Waals surface area contributed by atoms with Crippen molar-refractivity contribution >= 4 is 34.8 Å². The Balaban J connectivity index is 1.35. The van der Waals surface area contributed by atoms with Gasteiger partial charge in [-0.05, 0) is 47.1 Å². The third-order valence-corrected chi connectivity index (χ3v) is 9.58. The lowest BCUT2D eigenvalue weighted by atomic mass is 9.93. The molecule has 0 saturated heterocycles. The molecule has 57 heavy (non-hydrogen) atoms. The van der Waals surface area contributed by atoms with Crippen molar-refractivity contribution in [3.8, 4) is 0 Å². The molecule has 300 valence electrons.